The molecule has 4 aromatic carbocycles. The van der Waals surface area contributed by atoms with Crippen LogP contribution in [0.4, 0.5) is 11.4 Å². The molecule has 1 fully saturated rings. The third-order valence-corrected chi connectivity index (χ3v) is 23.1. The molecule has 20 N–H and O–H groups in total. The van der Waals surface area contributed by atoms with Gasteiger partial charge in [-0.15, -0.1) is 0 Å². The van der Waals surface area contributed by atoms with Gasteiger partial charge in [0.25, 0.3) is 11.8 Å². The van der Waals surface area contributed by atoms with Crippen LogP contribution in [0.15, 0.2) is 84.9 Å². The number of H-pyrrole nitrogens is 2. The number of fused-ring (bicyclic) bond motifs is 4. The van der Waals surface area contributed by atoms with Crippen LogP contribution in [0, 0.1) is 0 Å². The number of nitrogens with one attached hydrogen (secondary N) is 11. The number of hydrogen-bond donors (Lipinski definition) is 20. The third-order valence-electron chi connectivity index (χ3n) is 23.1. The van der Waals surface area contributed by atoms with Gasteiger partial charge in [-0.05, 0) is 117 Å². The smallest absolute Gasteiger partial charge is 0.326 e. The number of carbonyl (C=O) groups excluding carboxylic acids is 11. The molecule has 1 saturated heterocycles. The first-order valence-electron chi connectivity index (χ1n) is 44.8. The van der Waals surface area contributed by atoms with E-state index >= 15 is 0 Å². The summed E-state index contributed by atoms with van der Waals surface area (Å²) >= 11 is 0. The van der Waals surface area contributed by atoms with E-state index in [4.69, 9.17) is 0 Å². The molecule has 1 unspecified atom stereocenters. The lowest BCUT2D eigenvalue weighted by atomic mass is 10.0. The van der Waals surface area contributed by atoms with Crippen LogP contribution in [0.3, 0.4) is 0 Å². The number of anilines is 2. The summed E-state index contributed by atoms with van der Waals surface area (Å²) in [5.74, 6) is -21.7. The van der Waals surface area contributed by atoms with Gasteiger partial charge in [0.05, 0.1) is 74.2 Å². The first-order valence-corrected chi connectivity index (χ1v) is 44.8. The van der Waals surface area contributed by atoms with Gasteiger partial charge in [-0.25, -0.2) is 19.6 Å². The summed E-state index contributed by atoms with van der Waals surface area (Å²) in [7, 11) is 3.15. The van der Waals surface area contributed by atoms with Gasteiger partial charge in [0, 0.05) is 160 Å². The number of amides is 11. The highest BCUT2D eigenvalue weighted by atomic mass is 16.4. The van der Waals surface area contributed by atoms with E-state index in [0.717, 1.165) is 11.0 Å². The third kappa shape index (κ3) is 34.5. The number of aromatic amines is 2. The first-order chi connectivity index (χ1) is 66.1. The average Bonchev–Trinajstić information content (AvgIpc) is 1.68. The minimum Gasteiger partial charge on any atom is -0.481 e. The number of benzene rings is 4. The zero-order valence-corrected chi connectivity index (χ0v) is 76.3. The van der Waals surface area contributed by atoms with E-state index in [2.05, 4.69) is 67.8 Å². The predicted molar refractivity (Wildman–Crippen MR) is 487 cm³/mol. The zero-order chi connectivity index (χ0) is 101. The van der Waals surface area contributed by atoms with Crippen LogP contribution in [0.25, 0.3) is 22.1 Å². The molecule has 11 amide bonds. The molecular formula is C89H115N21O29. The molecule has 0 saturated carbocycles. The fourth-order valence-electron chi connectivity index (χ4n) is 15.9. The molecule has 0 spiro atoms. The number of aliphatic carboxylic acids is 9. The molecule has 2 aromatic heterocycles. The van der Waals surface area contributed by atoms with Gasteiger partial charge in [0.1, 0.15) is 53.9 Å². The van der Waals surface area contributed by atoms with Crippen LogP contribution in [-0.2, 0) is 112 Å². The van der Waals surface area contributed by atoms with Crippen LogP contribution in [0.5, 0.6) is 0 Å². The van der Waals surface area contributed by atoms with Crippen molar-refractivity contribution in [1.82, 2.24) is 96.4 Å². The average molecular weight is 1940 g/mol. The molecule has 0 radical (unpaired) electrons. The van der Waals surface area contributed by atoms with Crippen molar-refractivity contribution in [2.24, 2.45) is 0 Å². The largest absolute Gasteiger partial charge is 0.481 e. The molecule has 3 aliphatic heterocycles. The Kier molecular flexibility index (Phi) is 40.2. The highest BCUT2D eigenvalue weighted by molar-refractivity contribution is 5.99. The molecule has 7 atom stereocenters. The number of imidazole rings is 2. The summed E-state index contributed by atoms with van der Waals surface area (Å²) in [5.41, 5.74) is 5.06. The van der Waals surface area contributed by atoms with Crippen molar-refractivity contribution in [1.29, 1.82) is 0 Å². The van der Waals surface area contributed by atoms with Crippen molar-refractivity contribution in [3.05, 3.63) is 119 Å². The van der Waals surface area contributed by atoms with E-state index in [1.54, 1.807) is 38.4 Å². The number of carboxylic acids is 9. The number of carbonyl (C=O) groups is 20. The number of aromatic nitrogens is 4. The van der Waals surface area contributed by atoms with E-state index in [1.807, 2.05) is 48.5 Å². The highest BCUT2D eigenvalue weighted by Gasteiger charge is 2.38. The lowest BCUT2D eigenvalue weighted by Crippen LogP contribution is -2.58. The van der Waals surface area contributed by atoms with Gasteiger partial charge in [-0.1, -0.05) is 24.3 Å². The topological polar surface area (TPSA) is 715 Å². The van der Waals surface area contributed by atoms with E-state index in [1.165, 1.54) is 51.3 Å². The lowest BCUT2D eigenvalue weighted by molar-refractivity contribution is -0.143. The molecular weight excluding hydrogens is 1830 g/mol. The van der Waals surface area contributed by atoms with Crippen LogP contribution in [-0.4, -0.2) is 385 Å². The first kappa shape index (κ1) is 107. The summed E-state index contributed by atoms with van der Waals surface area (Å²) < 4.78 is 0. The van der Waals surface area contributed by atoms with Gasteiger partial charge in [-0.2, -0.15) is 0 Å². The number of hydrogen-bond acceptors (Lipinski definition) is 28. The highest BCUT2D eigenvalue weighted by Crippen LogP contribution is 2.30. The van der Waals surface area contributed by atoms with Crippen LogP contribution >= 0.6 is 0 Å². The molecule has 50 nitrogen and oxygen atoms in total. The number of para-hydroxylation sites is 4. The van der Waals surface area contributed by atoms with E-state index in [-0.39, 0.29) is 129 Å². The van der Waals surface area contributed by atoms with Crippen molar-refractivity contribution in [2.75, 3.05) is 129 Å². The summed E-state index contributed by atoms with van der Waals surface area (Å²) in [6.45, 7) is -2.91. The minimum atomic E-state index is -2.11. The molecule has 5 heterocycles. The van der Waals surface area contributed by atoms with Crippen LogP contribution in [0.2, 0.25) is 0 Å². The van der Waals surface area contributed by atoms with Gasteiger partial charge in [0.2, 0.25) is 53.2 Å². The lowest BCUT2D eigenvalue weighted by Gasteiger charge is -2.33. The monoisotopic (exact) mass is 1940 g/mol. The Morgan fingerprint density at radius 1 is 0.388 bits per heavy atom. The molecule has 750 valence electrons. The second-order valence-corrected chi connectivity index (χ2v) is 33.9. The Hall–Kier alpha value is -15.3. The molecule has 3 aliphatic rings. The Morgan fingerprint density at radius 2 is 0.719 bits per heavy atom. The molecule has 50 heteroatoms. The zero-order valence-electron chi connectivity index (χ0n) is 76.3. The van der Waals surface area contributed by atoms with Crippen LogP contribution < -0.4 is 47.9 Å². The quantitative estimate of drug-likeness (QED) is 0.0184. The summed E-state index contributed by atoms with van der Waals surface area (Å²) in [5, 5.41) is 112. The normalized spacial score (nSPS) is 16.2. The fraction of sp³-hybridized carbons (Fsp3) is 0.483. The Balaban J connectivity index is 0.862. The van der Waals surface area contributed by atoms with Crippen molar-refractivity contribution in [3.63, 3.8) is 0 Å². The summed E-state index contributed by atoms with van der Waals surface area (Å²) in [6, 6.07) is 11.4. The van der Waals surface area contributed by atoms with Gasteiger partial charge < -0.3 is 123 Å². The van der Waals surface area contributed by atoms with E-state index in [0.29, 0.717) is 45.2 Å². The molecule has 139 heavy (non-hydrogen) atoms. The summed E-state index contributed by atoms with van der Waals surface area (Å²) in [4.78, 5) is 291. The fourth-order valence-corrected chi connectivity index (χ4v) is 15.9. The number of nitrogens with zero attached hydrogens (tertiary/aromatic N) is 10. The predicted octanol–water partition coefficient (Wildman–Crippen LogP) is -1.97. The Bertz CT molecular complexity index is 5420. The Labute approximate surface area is 793 Å². The van der Waals surface area contributed by atoms with Crippen molar-refractivity contribution < 1.29 is 142 Å². The molecule has 9 rings (SSSR count). The summed E-state index contributed by atoms with van der Waals surface area (Å²) in [6.07, 6.45) is -8.81. The maximum Gasteiger partial charge on any atom is 0.326 e. The van der Waals surface area contributed by atoms with Gasteiger partial charge >= 0.3 is 53.7 Å². The van der Waals surface area contributed by atoms with E-state index < -0.39 is 264 Å². The number of carboxylic acid groups (broad SMARTS) is 9. The Morgan fingerprint density at radius 3 is 1.08 bits per heavy atom. The standard InChI is InChI=1S/C89H115N21O29/c1-103(45-68-94-57-9-3-4-10-58(57)95-68)84(132)51-13-15-55-53(39-51)43-109(86(134)66(92-55)41-76(119)120)29-7-27-90-70(111)22-18-64(88(136)137)99-72(113)24-17-62(100-82(130)63(21-26-75(117)118)101-81(129)61(20-25-74(115)116)98-73(114)47-105-31-33-106(48-78(123)124)35-37-108(50-80(127)128)38-36-107(34-32-105)49-79(125)126)83(131)102-65(89(138)139)19-23-71(112)91-28-8-30-110-44-54-40-52(14-16-56(54)93-67(87(110)135)42-77(121)122)85(133)104(2)46-69-96-59-11-5-6-12-60(59)97-69/h3-6,9-16,39-40,61-67,92-93H,7-8,17-38,41-50H2,1-2H3,(H,90,111)(H,91,112)(H,94,95)(H,96,97)(H,98,114)(H,99,113)(H,100,130)(H,101,129)(H,102,131)(H,115,116)(H,117,118)(H,119,120)(H,121,122)(H,123,124)(H,125,126)(H,127,128)(H,136,137)(H,138,139)/t61-,62-,63-,64-,65?,66-,67-/m0/s1. The van der Waals surface area contributed by atoms with Crippen molar-refractivity contribution in [3.8, 4) is 0 Å². The molecule has 0 aliphatic carbocycles. The van der Waals surface area contributed by atoms with Crippen LogP contribution in [0.1, 0.15) is 133 Å². The maximum absolute atomic E-state index is 14.7. The van der Waals surface area contributed by atoms with Gasteiger partial charge in [0.15, 0.2) is 0 Å². The molecule has 6 aromatic rings. The van der Waals surface area contributed by atoms with E-state index in [9.17, 15) is 142 Å². The minimum absolute atomic E-state index is 0.000787. The number of rotatable bonds is 51. The van der Waals surface area contributed by atoms with Gasteiger partial charge in [-0.3, -0.25) is 106 Å². The second-order valence-electron chi connectivity index (χ2n) is 33.9. The molecule has 0 bridgehead atoms. The van der Waals surface area contributed by atoms with Crippen molar-refractivity contribution >= 4 is 152 Å². The maximum atomic E-state index is 14.7. The SMILES string of the molecule is CN(Cc1nc2ccccc2[nH]1)C(=O)c1ccc2c(c1)CN(CCCNC(=O)CCC(NC(=O)[C@H](CCC(=O)N[C@@H](CCC(=O)NCCCN1Cc3cc(C(=O)N(C)Cc4nc5ccccc5[nH]4)ccc3N[C@@H](CC(=O)O)C1=O)C(=O)O)NC(=O)[C@H](CCC(=O)O)NC(=O)[C@H](CCC(=O)O)NC(=O)CN1CCN(CC(=O)O)CCN(CC(=O)O)CCN(CC(=O)O)CC1)C(=O)O)C(=O)[C@H](CC(=O)O)N2. The second kappa shape index (κ2) is 52.1. The van der Waals surface area contributed by atoms with Crippen molar-refractivity contribution in [2.45, 2.75) is 158 Å².